The molecule has 1 unspecified atom stereocenters. The quantitative estimate of drug-likeness (QED) is 0.471. The third-order valence-corrected chi connectivity index (χ3v) is 5.35. The van der Waals surface area contributed by atoms with Crippen molar-refractivity contribution in [3.63, 3.8) is 0 Å². The second-order valence-electron chi connectivity index (χ2n) is 6.96. The number of nitrogens with zero attached hydrogens (tertiary/aromatic N) is 6. The van der Waals surface area contributed by atoms with Crippen molar-refractivity contribution in [3.8, 4) is 0 Å². The Bertz CT molecular complexity index is 853. The molecule has 3 rings (SSSR count). The van der Waals surface area contributed by atoms with Crippen LogP contribution >= 0.6 is 23.1 Å². The fourth-order valence-corrected chi connectivity index (χ4v) is 3.61. The standard InChI is InChI=1S/C16H21N7O2S2/c1-10-19-21-22-23(10)13(11-5-6-26-8-11)20-25-7-12-9-27-15(17-12)18-14(24)16(2,3)4/h5-6,8,12H,7,9H2,1-4H3,(H,17,18,24)/b20-13+. The van der Waals surface area contributed by atoms with E-state index in [2.05, 4.69) is 31.0 Å². The van der Waals surface area contributed by atoms with Gasteiger partial charge in [-0.3, -0.25) is 9.79 Å². The highest BCUT2D eigenvalue weighted by atomic mass is 32.2. The van der Waals surface area contributed by atoms with E-state index >= 15 is 0 Å². The molecule has 0 saturated heterocycles. The molecule has 1 atom stereocenters. The van der Waals surface area contributed by atoms with E-state index in [1.165, 1.54) is 16.4 Å². The molecule has 9 nitrogen and oxygen atoms in total. The number of aromatic nitrogens is 4. The Morgan fingerprint density at radius 2 is 2.30 bits per heavy atom. The van der Waals surface area contributed by atoms with Crippen molar-refractivity contribution < 1.29 is 9.63 Å². The summed E-state index contributed by atoms with van der Waals surface area (Å²) in [6.07, 6.45) is 0. The molecule has 11 heteroatoms. The van der Waals surface area contributed by atoms with Crippen LogP contribution in [-0.2, 0) is 9.63 Å². The highest BCUT2D eigenvalue weighted by Gasteiger charge is 2.26. The summed E-state index contributed by atoms with van der Waals surface area (Å²) in [6, 6.07) is 1.85. The number of aryl methyl sites for hydroxylation is 1. The average molecular weight is 408 g/mol. The molecule has 0 bridgehead atoms. The van der Waals surface area contributed by atoms with E-state index in [-0.39, 0.29) is 11.9 Å². The maximum Gasteiger partial charge on any atom is 0.231 e. The van der Waals surface area contributed by atoms with Crippen molar-refractivity contribution in [2.45, 2.75) is 33.7 Å². The van der Waals surface area contributed by atoms with Gasteiger partial charge in [0, 0.05) is 22.1 Å². The van der Waals surface area contributed by atoms with Crippen molar-refractivity contribution in [2.75, 3.05) is 12.4 Å². The number of carbonyl (C=O) groups is 1. The van der Waals surface area contributed by atoms with E-state index < -0.39 is 5.41 Å². The zero-order valence-corrected chi connectivity index (χ0v) is 17.2. The SMILES string of the molecule is Cc1nnnn1/C(=N/OCC1CSC(NC(=O)C(C)(C)C)=N1)c1ccsc1. The first-order valence-electron chi connectivity index (χ1n) is 8.34. The molecular weight excluding hydrogens is 386 g/mol. The number of thioether (sulfide) groups is 1. The Balaban J connectivity index is 1.64. The fraction of sp³-hybridized carbons (Fsp3) is 0.500. The van der Waals surface area contributed by atoms with Gasteiger partial charge in [0.1, 0.15) is 6.61 Å². The summed E-state index contributed by atoms with van der Waals surface area (Å²) in [7, 11) is 0. The highest BCUT2D eigenvalue weighted by Crippen LogP contribution is 2.20. The topological polar surface area (TPSA) is 107 Å². The summed E-state index contributed by atoms with van der Waals surface area (Å²) in [4.78, 5) is 22.1. The normalized spacial score (nSPS) is 17.7. The Hall–Kier alpha value is -2.27. The summed E-state index contributed by atoms with van der Waals surface area (Å²) in [6.45, 7) is 7.70. The molecule has 1 amide bonds. The number of thiophene rings is 1. The molecule has 2 aromatic heterocycles. The zero-order valence-electron chi connectivity index (χ0n) is 15.5. The summed E-state index contributed by atoms with van der Waals surface area (Å²) < 4.78 is 1.53. The number of aliphatic imine (C=N–C) groups is 1. The van der Waals surface area contributed by atoms with E-state index in [1.54, 1.807) is 18.3 Å². The summed E-state index contributed by atoms with van der Waals surface area (Å²) >= 11 is 3.06. The minimum absolute atomic E-state index is 0.0535. The molecular formula is C16H21N7O2S2. The van der Waals surface area contributed by atoms with Gasteiger partial charge >= 0.3 is 0 Å². The van der Waals surface area contributed by atoms with Crippen molar-refractivity contribution in [1.29, 1.82) is 0 Å². The lowest BCUT2D eigenvalue weighted by Crippen LogP contribution is -2.37. The molecule has 1 aliphatic rings. The van der Waals surface area contributed by atoms with Crippen LogP contribution in [0.5, 0.6) is 0 Å². The molecule has 2 aromatic rings. The van der Waals surface area contributed by atoms with Gasteiger partial charge in [-0.15, -0.1) is 5.10 Å². The molecule has 1 aliphatic heterocycles. The van der Waals surface area contributed by atoms with Gasteiger partial charge in [-0.05, 0) is 28.8 Å². The van der Waals surface area contributed by atoms with Gasteiger partial charge in [-0.25, -0.2) is 0 Å². The lowest BCUT2D eigenvalue weighted by molar-refractivity contribution is -0.126. The predicted molar refractivity (Wildman–Crippen MR) is 106 cm³/mol. The summed E-state index contributed by atoms with van der Waals surface area (Å²) in [5.74, 6) is 1.81. The number of tetrazole rings is 1. The first-order chi connectivity index (χ1) is 12.8. The Morgan fingerprint density at radius 3 is 2.93 bits per heavy atom. The Labute approximate surface area is 165 Å². The first-order valence-corrected chi connectivity index (χ1v) is 10.3. The van der Waals surface area contributed by atoms with E-state index in [9.17, 15) is 4.79 Å². The zero-order chi connectivity index (χ0) is 19.4. The molecule has 0 saturated carbocycles. The molecule has 0 spiro atoms. The maximum absolute atomic E-state index is 12.0. The highest BCUT2D eigenvalue weighted by molar-refractivity contribution is 8.14. The molecule has 0 aromatic carbocycles. The van der Waals surface area contributed by atoms with Crippen LogP contribution in [0.2, 0.25) is 0 Å². The summed E-state index contributed by atoms with van der Waals surface area (Å²) in [5, 5.41) is 23.1. The lowest BCUT2D eigenvalue weighted by Gasteiger charge is -2.16. The number of nitrogens with one attached hydrogen (secondary N) is 1. The number of amidine groups is 1. The van der Waals surface area contributed by atoms with Crippen LogP contribution in [0.3, 0.4) is 0 Å². The number of amides is 1. The van der Waals surface area contributed by atoms with Gasteiger partial charge in [-0.1, -0.05) is 37.7 Å². The maximum atomic E-state index is 12.0. The van der Waals surface area contributed by atoms with Gasteiger partial charge in [-0.2, -0.15) is 16.0 Å². The molecule has 0 radical (unpaired) electrons. The molecule has 27 heavy (non-hydrogen) atoms. The molecule has 3 heterocycles. The second-order valence-corrected chi connectivity index (χ2v) is 8.75. The third kappa shape index (κ3) is 4.92. The van der Waals surface area contributed by atoms with Crippen LogP contribution < -0.4 is 5.32 Å². The molecule has 144 valence electrons. The van der Waals surface area contributed by atoms with Crippen molar-refractivity contribution in [1.82, 2.24) is 25.5 Å². The monoisotopic (exact) mass is 407 g/mol. The largest absolute Gasteiger partial charge is 0.392 e. The molecule has 0 aliphatic carbocycles. The second kappa shape index (κ2) is 8.17. The van der Waals surface area contributed by atoms with Crippen molar-refractivity contribution in [2.24, 2.45) is 15.6 Å². The van der Waals surface area contributed by atoms with Crippen molar-refractivity contribution in [3.05, 3.63) is 28.2 Å². The lowest BCUT2D eigenvalue weighted by atomic mass is 9.96. The molecule has 0 fully saturated rings. The van der Waals surface area contributed by atoms with Crippen LogP contribution in [0.4, 0.5) is 0 Å². The van der Waals surface area contributed by atoms with E-state index in [1.807, 2.05) is 37.6 Å². The van der Waals surface area contributed by atoms with E-state index in [4.69, 9.17) is 4.84 Å². The Kier molecular flexibility index (Phi) is 5.90. The average Bonchev–Trinajstić information content (AvgIpc) is 3.33. The smallest absolute Gasteiger partial charge is 0.231 e. The Morgan fingerprint density at radius 1 is 1.48 bits per heavy atom. The minimum atomic E-state index is -0.457. The van der Waals surface area contributed by atoms with Crippen LogP contribution in [-0.4, -0.2) is 55.5 Å². The number of carbonyl (C=O) groups excluding carboxylic acids is 1. The van der Waals surface area contributed by atoms with Crippen LogP contribution in [0.25, 0.3) is 0 Å². The van der Waals surface area contributed by atoms with Gasteiger partial charge in [0.25, 0.3) is 0 Å². The number of oxime groups is 1. The van der Waals surface area contributed by atoms with Gasteiger partial charge in [0.15, 0.2) is 11.0 Å². The number of hydrogen-bond donors (Lipinski definition) is 1. The molecule has 1 N–H and O–H groups in total. The van der Waals surface area contributed by atoms with Crippen molar-refractivity contribution >= 4 is 40.0 Å². The first kappa shape index (κ1) is 19.5. The van der Waals surface area contributed by atoms with E-state index in [0.717, 1.165) is 11.3 Å². The van der Waals surface area contributed by atoms with Gasteiger partial charge < -0.3 is 10.2 Å². The fourth-order valence-electron chi connectivity index (χ4n) is 2.07. The predicted octanol–water partition coefficient (Wildman–Crippen LogP) is 1.90. The third-order valence-electron chi connectivity index (χ3n) is 3.64. The summed E-state index contributed by atoms with van der Waals surface area (Å²) in [5.41, 5.74) is 0.416. The van der Waals surface area contributed by atoms with Gasteiger partial charge in [0.05, 0.1) is 6.04 Å². The van der Waals surface area contributed by atoms with E-state index in [0.29, 0.717) is 23.4 Å². The van der Waals surface area contributed by atoms with Crippen LogP contribution in [0.1, 0.15) is 32.2 Å². The van der Waals surface area contributed by atoms with Gasteiger partial charge in [0.2, 0.25) is 11.7 Å². The number of rotatable bonds is 4. The van der Waals surface area contributed by atoms with Crippen LogP contribution in [0.15, 0.2) is 27.0 Å². The minimum Gasteiger partial charge on any atom is -0.392 e. The number of hydrogen-bond acceptors (Lipinski definition) is 9. The van der Waals surface area contributed by atoms with Crippen LogP contribution in [0, 0.1) is 12.3 Å².